The largest absolute Gasteiger partial charge is 0.488 e. The van der Waals surface area contributed by atoms with Crippen molar-refractivity contribution in [1.29, 1.82) is 0 Å². The summed E-state index contributed by atoms with van der Waals surface area (Å²) in [5.74, 6) is 1.42. The summed E-state index contributed by atoms with van der Waals surface area (Å²) < 4.78 is 24.6. The molecule has 0 saturated heterocycles. The zero-order valence-electron chi connectivity index (χ0n) is 22.5. The average Bonchev–Trinajstić information content (AvgIpc) is 2.79. The van der Waals surface area contributed by atoms with E-state index >= 15 is 0 Å². The highest BCUT2D eigenvalue weighted by Crippen LogP contribution is 2.43. The van der Waals surface area contributed by atoms with E-state index in [1.807, 2.05) is 84.0 Å². The van der Waals surface area contributed by atoms with Crippen LogP contribution >= 0.6 is 15.9 Å². The molecule has 3 rings (SSSR count). The third-order valence-electron chi connectivity index (χ3n) is 5.63. The molecule has 3 aromatic rings. The zero-order valence-corrected chi connectivity index (χ0v) is 24.1. The molecule has 0 spiro atoms. The standard InChI is InChI=1S/C30H37BrO6/c1-18(2)13-27(32)36-20(5)16-34-29-23-9-7-8-10-24(23)30(26-15-22(31)11-12-25(26)29)35-17-21(6)37-28(33)14-19(3)4/h7-12,15,18-21H,13-14,16-17H2,1-6H3. The Morgan fingerprint density at radius 2 is 1.11 bits per heavy atom. The molecule has 0 amide bonds. The number of ether oxygens (including phenoxy) is 4. The van der Waals surface area contributed by atoms with Crippen LogP contribution in [0.4, 0.5) is 0 Å². The highest BCUT2D eigenvalue weighted by molar-refractivity contribution is 9.10. The number of esters is 2. The van der Waals surface area contributed by atoms with E-state index in [1.165, 1.54) is 0 Å². The molecular formula is C30H37BrO6. The number of hydrogen-bond acceptors (Lipinski definition) is 6. The normalized spacial score (nSPS) is 13.1. The molecule has 0 aromatic heterocycles. The minimum atomic E-state index is -0.399. The van der Waals surface area contributed by atoms with Crippen molar-refractivity contribution in [2.24, 2.45) is 11.8 Å². The third kappa shape index (κ3) is 8.09. The van der Waals surface area contributed by atoms with Gasteiger partial charge in [-0.25, -0.2) is 0 Å². The molecule has 37 heavy (non-hydrogen) atoms. The van der Waals surface area contributed by atoms with Crippen molar-refractivity contribution in [3.63, 3.8) is 0 Å². The lowest BCUT2D eigenvalue weighted by Crippen LogP contribution is -2.23. The van der Waals surface area contributed by atoms with Crippen molar-refractivity contribution in [2.45, 2.75) is 66.6 Å². The number of fused-ring (bicyclic) bond motifs is 2. The van der Waals surface area contributed by atoms with Gasteiger partial charge in [0.1, 0.15) is 36.9 Å². The predicted molar refractivity (Wildman–Crippen MR) is 150 cm³/mol. The smallest absolute Gasteiger partial charge is 0.306 e. The summed E-state index contributed by atoms with van der Waals surface area (Å²) in [6.45, 7) is 12.0. The first kappa shape index (κ1) is 28.8. The Balaban J connectivity index is 1.90. The van der Waals surface area contributed by atoms with Crippen LogP contribution in [0.2, 0.25) is 0 Å². The van der Waals surface area contributed by atoms with E-state index in [0.29, 0.717) is 24.3 Å². The molecule has 0 bridgehead atoms. The molecule has 2 unspecified atom stereocenters. The monoisotopic (exact) mass is 572 g/mol. The quantitative estimate of drug-likeness (QED) is 0.165. The summed E-state index contributed by atoms with van der Waals surface area (Å²) in [6, 6.07) is 13.8. The van der Waals surface area contributed by atoms with E-state index in [2.05, 4.69) is 15.9 Å². The molecule has 0 aliphatic carbocycles. The van der Waals surface area contributed by atoms with Crippen molar-refractivity contribution in [2.75, 3.05) is 13.2 Å². The summed E-state index contributed by atoms with van der Waals surface area (Å²) in [5.41, 5.74) is 0. The lowest BCUT2D eigenvalue weighted by molar-refractivity contribution is -0.151. The van der Waals surface area contributed by atoms with Crippen LogP contribution < -0.4 is 9.47 Å². The number of hydrogen-bond donors (Lipinski definition) is 0. The van der Waals surface area contributed by atoms with Gasteiger partial charge in [-0.2, -0.15) is 0 Å². The Hall–Kier alpha value is -2.80. The van der Waals surface area contributed by atoms with Crippen LogP contribution in [0, 0.1) is 11.8 Å². The van der Waals surface area contributed by atoms with E-state index < -0.39 is 12.2 Å². The van der Waals surface area contributed by atoms with E-state index in [1.54, 1.807) is 0 Å². The Labute approximate surface area is 227 Å². The molecule has 0 heterocycles. The van der Waals surface area contributed by atoms with E-state index in [9.17, 15) is 9.59 Å². The van der Waals surface area contributed by atoms with Gasteiger partial charge >= 0.3 is 11.9 Å². The predicted octanol–water partition coefficient (Wildman–Crippen LogP) is 7.47. The molecule has 3 aromatic carbocycles. The summed E-state index contributed by atoms with van der Waals surface area (Å²) in [5, 5.41) is 3.51. The number of carbonyl (C=O) groups is 2. The molecule has 0 fully saturated rings. The molecule has 0 N–H and O–H groups in total. The first-order chi connectivity index (χ1) is 17.5. The number of halogens is 1. The highest BCUT2D eigenvalue weighted by Gasteiger charge is 2.20. The topological polar surface area (TPSA) is 71.1 Å². The van der Waals surface area contributed by atoms with Crippen LogP contribution in [0.5, 0.6) is 11.5 Å². The lowest BCUT2D eigenvalue weighted by Gasteiger charge is -2.21. The van der Waals surface area contributed by atoms with Crippen molar-refractivity contribution in [3.8, 4) is 11.5 Å². The van der Waals surface area contributed by atoms with Gasteiger partial charge in [0.05, 0.1) is 0 Å². The maximum Gasteiger partial charge on any atom is 0.306 e. The number of carbonyl (C=O) groups excluding carboxylic acids is 2. The fourth-order valence-electron chi connectivity index (χ4n) is 4.06. The van der Waals surface area contributed by atoms with Crippen molar-refractivity contribution in [3.05, 3.63) is 46.9 Å². The summed E-state index contributed by atoms with van der Waals surface area (Å²) in [7, 11) is 0. The van der Waals surface area contributed by atoms with Crippen LogP contribution in [-0.2, 0) is 19.1 Å². The molecule has 2 atom stereocenters. The molecule has 200 valence electrons. The Morgan fingerprint density at radius 3 is 1.57 bits per heavy atom. The third-order valence-corrected chi connectivity index (χ3v) is 6.12. The molecule has 6 nitrogen and oxygen atoms in total. The van der Waals surface area contributed by atoms with Crippen LogP contribution in [0.15, 0.2) is 46.9 Å². The van der Waals surface area contributed by atoms with E-state index in [4.69, 9.17) is 18.9 Å². The Morgan fingerprint density at radius 1 is 0.676 bits per heavy atom. The Bertz CT molecular complexity index is 1240. The van der Waals surface area contributed by atoms with Crippen molar-refractivity contribution < 1.29 is 28.5 Å². The molecule has 7 heteroatoms. The minimum Gasteiger partial charge on any atom is -0.488 e. The van der Waals surface area contributed by atoms with Crippen molar-refractivity contribution >= 4 is 49.4 Å². The van der Waals surface area contributed by atoms with Gasteiger partial charge in [-0.05, 0) is 43.9 Å². The average molecular weight is 574 g/mol. The van der Waals surface area contributed by atoms with Gasteiger partial charge in [0.25, 0.3) is 0 Å². The van der Waals surface area contributed by atoms with Gasteiger partial charge in [0.2, 0.25) is 0 Å². The summed E-state index contributed by atoms with van der Waals surface area (Å²) >= 11 is 3.58. The van der Waals surface area contributed by atoms with Gasteiger partial charge in [-0.1, -0.05) is 67.9 Å². The fourth-order valence-corrected chi connectivity index (χ4v) is 4.42. The Kier molecular flexibility index (Phi) is 10.2. The fraction of sp³-hybridized carbons (Fsp3) is 0.467. The second-order valence-electron chi connectivity index (χ2n) is 10.3. The van der Waals surface area contributed by atoms with E-state index in [-0.39, 0.29) is 37.0 Å². The lowest BCUT2D eigenvalue weighted by atomic mass is 10.0. The molecule has 0 aliphatic rings. The van der Waals surface area contributed by atoms with Gasteiger partial charge in [0.15, 0.2) is 0 Å². The first-order valence-corrected chi connectivity index (χ1v) is 13.6. The van der Waals surface area contributed by atoms with Gasteiger partial charge in [-0.3, -0.25) is 9.59 Å². The SMILES string of the molecule is CC(C)CC(=O)OC(C)COc1c2ccccc2c(OCC(C)OC(=O)CC(C)C)c2cc(Br)ccc12. The first-order valence-electron chi connectivity index (χ1n) is 12.8. The zero-order chi connectivity index (χ0) is 27.1. The number of benzene rings is 3. The van der Waals surface area contributed by atoms with Gasteiger partial charge in [-0.15, -0.1) is 0 Å². The van der Waals surface area contributed by atoms with Gasteiger partial charge in [0, 0.05) is 38.9 Å². The van der Waals surface area contributed by atoms with E-state index in [0.717, 1.165) is 26.0 Å². The van der Waals surface area contributed by atoms with Gasteiger partial charge < -0.3 is 18.9 Å². The molecule has 0 radical (unpaired) electrons. The highest BCUT2D eigenvalue weighted by atomic mass is 79.9. The summed E-state index contributed by atoms with van der Waals surface area (Å²) in [6.07, 6.45) is -0.0423. The van der Waals surface area contributed by atoms with Crippen molar-refractivity contribution in [1.82, 2.24) is 0 Å². The maximum absolute atomic E-state index is 12.1. The van der Waals surface area contributed by atoms with Crippen LogP contribution in [0.3, 0.4) is 0 Å². The molecule has 0 saturated carbocycles. The molecule has 0 aliphatic heterocycles. The maximum atomic E-state index is 12.1. The number of rotatable bonds is 12. The van der Waals surface area contributed by atoms with Crippen LogP contribution in [-0.4, -0.2) is 37.4 Å². The minimum absolute atomic E-state index is 0.221. The van der Waals surface area contributed by atoms with Crippen LogP contribution in [0.1, 0.15) is 54.4 Å². The molecular weight excluding hydrogens is 536 g/mol. The second-order valence-corrected chi connectivity index (χ2v) is 11.2. The second kappa shape index (κ2) is 13.1. The van der Waals surface area contributed by atoms with Crippen LogP contribution in [0.25, 0.3) is 21.5 Å². The summed E-state index contributed by atoms with van der Waals surface area (Å²) in [4.78, 5) is 24.2.